The first kappa shape index (κ1) is 14.2. The second-order valence-corrected chi connectivity index (χ2v) is 2.84. The summed E-state index contributed by atoms with van der Waals surface area (Å²) in [5.41, 5.74) is 5.60. The highest BCUT2D eigenvalue weighted by Crippen LogP contribution is 2.08. The van der Waals surface area contributed by atoms with Crippen LogP contribution in [0.25, 0.3) is 0 Å². The van der Waals surface area contributed by atoms with Crippen LogP contribution in [-0.2, 0) is 0 Å². The Morgan fingerprint density at radius 3 is 2.29 bits per heavy atom. The molecule has 6 heteroatoms. The first-order valence-electron chi connectivity index (χ1n) is 4.30. The second kappa shape index (κ2) is 6.62. The number of phenolic OH excluding ortho intramolecular Hbond substituents is 1. The van der Waals surface area contributed by atoms with E-state index in [4.69, 9.17) is 21.4 Å². The van der Waals surface area contributed by atoms with Crippen LogP contribution in [0.4, 0.5) is 0 Å². The Balaban J connectivity index is 0.00000256. The molecule has 0 heterocycles. The lowest BCUT2D eigenvalue weighted by Crippen LogP contribution is -1.97. The van der Waals surface area contributed by atoms with E-state index in [2.05, 4.69) is 4.99 Å². The molecular formula is C11H10N4O2. The van der Waals surface area contributed by atoms with Gasteiger partial charge in [-0.3, -0.25) is 0 Å². The molecule has 0 saturated heterocycles. The maximum atomic E-state index is 9.04. The number of nitriles is 2. The zero-order valence-corrected chi connectivity index (χ0v) is 8.75. The topological polar surface area (TPSA) is 138 Å². The molecule has 86 valence electrons. The van der Waals surface area contributed by atoms with E-state index >= 15 is 0 Å². The Kier molecular flexibility index (Phi) is 5.52. The average molecular weight is 230 g/mol. The Bertz CT molecular complexity index is 518. The maximum absolute atomic E-state index is 9.04. The molecule has 0 radical (unpaired) electrons. The first-order valence-corrected chi connectivity index (χ1v) is 4.30. The lowest BCUT2D eigenvalue weighted by molar-refractivity contribution is 0.475. The normalized spacial score (nSPS) is 10.9. The third-order valence-electron chi connectivity index (χ3n) is 1.72. The van der Waals surface area contributed by atoms with Gasteiger partial charge in [0.25, 0.3) is 0 Å². The van der Waals surface area contributed by atoms with Crippen LogP contribution in [0, 0.1) is 22.7 Å². The molecule has 0 spiro atoms. The highest BCUT2D eigenvalue weighted by Gasteiger charge is 1.98. The Labute approximate surface area is 97.9 Å². The molecule has 0 aliphatic heterocycles. The fourth-order valence-corrected chi connectivity index (χ4v) is 0.911. The van der Waals surface area contributed by atoms with Crippen molar-refractivity contribution in [2.24, 2.45) is 10.7 Å². The number of hydrogen-bond acceptors (Lipinski definition) is 5. The van der Waals surface area contributed by atoms with Crippen LogP contribution >= 0.6 is 0 Å². The summed E-state index contributed by atoms with van der Waals surface area (Å²) in [4.78, 5) is 3.78. The molecule has 1 rings (SSSR count). The molecule has 1 aromatic rings. The molecule has 0 aliphatic rings. The third-order valence-corrected chi connectivity index (χ3v) is 1.72. The molecule has 1 aromatic carbocycles. The van der Waals surface area contributed by atoms with Gasteiger partial charge < -0.3 is 16.3 Å². The minimum absolute atomic E-state index is 0. The second-order valence-electron chi connectivity index (χ2n) is 2.84. The SMILES string of the molecule is N#C/C(N)=C(\C#N)N=Cc1ccc(O)cc1.O. The van der Waals surface area contributed by atoms with E-state index in [1.165, 1.54) is 18.3 Å². The van der Waals surface area contributed by atoms with Crippen molar-refractivity contribution >= 4 is 6.21 Å². The Morgan fingerprint density at radius 2 is 1.82 bits per heavy atom. The van der Waals surface area contributed by atoms with Gasteiger partial charge in [0.1, 0.15) is 23.6 Å². The Hall–Kier alpha value is -2.83. The summed E-state index contributed by atoms with van der Waals surface area (Å²) < 4.78 is 0. The lowest BCUT2D eigenvalue weighted by atomic mass is 10.2. The molecular weight excluding hydrogens is 220 g/mol. The van der Waals surface area contributed by atoms with E-state index in [1.54, 1.807) is 24.3 Å². The molecule has 0 amide bonds. The highest BCUT2D eigenvalue weighted by atomic mass is 16.3. The number of nitrogens with zero attached hydrogens (tertiary/aromatic N) is 3. The van der Waals surface area contributed by atoms with Gasteiger partial charge in [0, 0.05) is 6.21 Å². The summed E-state index contributed by atoms with van der Waals surface area (Å²) in [5, 5.41) is 26.2. The van der Waals surface area contributed by atoms with Gasteiger partial charge in [-0.15, -0.1) is 0 Å². The lowest BCUT2D eigenvalue weighted by Gasteiger charge is -1.93. The van der Waals surface area contributed by atoms with Gasteiger partial charge in [-0.05, 0) is 29.8 Å². The fourth-order valence-electron chi connectivity index (χ4n) is 0.911. The van der Waals surface area contributed by atoms with Crippen LogP contribution in [0.2, 0.25) is 0 Å². The molecule has 0 aromatic heterocycles. The molecule has 5 N–H and O–H groups in total. The highest BCUT2D eigenvalue weighted by molar-refractivity contribution is 5.81. The monoisotopic (exact) mass is 230 g/mol. The molecule has 0 atom stereocenters. The number of phenols is 1. The van der Waals surface area contributed by atoms with Gasteiger partial charge in [0.15, 0.2) is 5.70 Å². The minimum Gasteiger partial charge on any atom is -0.508 e. The number of rotatable bonds is 2. The van der Waals surface area contributed by atoms with Crippen LogP contribution < -0.4 is 5.73 Å². The van der Waals surface area contributed by atoms with Crippen molar-refractivity contribution in [2.75, 3.05) is 0 Å². The number of hydrogen-bond donors (Lipinski definition) is 2. The molecule has 0 saturated carbocycles. The third kappa shape index (κ3) is 4.04. The summed E-state index contributed by atoms with van der Waals surface area (Å²) in [5.74, 6) is 0.143. The van der Waals surface area contributed by atoms with Crippen molar-refractivity contribution in [3.05, 3.63) is 41.2 Å². The van der Waals surface area contributed by atoms with Gasteiger partial charge in [0.2, 0.25) is 0 Å². The Morgan fingerprint density at radius 1 is 1.24 bits per heavy atom. The number of aliphatic imine (C=N–C) groups is 1. The van der Waals surface area contributed by atoms with Crippen molar-refractivity contribution in [1.29, 1.82) is 10.5 Å². The average Bonchev–Trinajstić information content (AvgIpc) is 2.31. The minimum atomic E-state index is -0.225. The van der Waals surface area contributed by atoms with Crippen molar-refractivity contribution in [3.8, 4) is 17.9 Å². The summed E-state index contributed by atoms with van der Waals surface area (Å²) >= 11 is 0. The van der Waals surface area contributed by atoms with Crippen LogP contribution in [-0.4, -0.2) is 16.8 Å². The standard InChI is InChI=1S/C11H8N4O.H2O/c12-5-10(14)11(6-13)15-7-8-1-3-9(16)4-2-8;/h1-4,7,16H,14H2;1H2/b11-10-,15-7?;. The molecule has 0 bridgehead atoms. The van der Waals surface area contributed by atoms with Crippen molar-refractivity contribution in [3.63, 3.8) is 0 Å². The van der Waals surface area contributed by atoms with Crippen molar-refractivity contribution < 1.29 is 10.6 Å². The van der Waals surface area contributed by atoms with Crippen LogP contribution in [0.15, 0.2) is 40.7 Å². The zero-order valence-electron chi connectivity index (χ0n) is 8.75. The molecule has 0 unspecified atom stereocenters. The largest absolute Gasteiger partial charge is 0.508 e. The maximum Gasteiger partial charge on any atom is 0.174 e. The number of nitrogens with two attached hydrogens (primary N) is 1. The molecule has 6 nitrogen and oxygen atoms in total. The summed E-state index contributed by atoms with van der Waals surface area (Å²) in [6.07, 6.45) is 1.39. The van der Waals surface area contributed by atoms with E-state index in [9.17, 15) is 0 Å². The fraction of sp³-hybridized carbons (Fsp3) is 0. The predicted molar refractivity (Wildman–Crippen MR) is 61.8 cm³/mol. The van der Waals surface area contributed by atoms with Gasteiger partial charge in [0.05, 0.1) is 0 Å². The number of allylic oxidation sites excluding steroid dienone is 2. The van der Waals surface area contributed by atoms with Gasteiger partial charge in [-0.1, -0.05) is 0 Å². The zero-order chi connectivity index (χ0) is 12.0. The molecule has 0 fully saturated rings. The van der Waals surface area contributed by atoms with Crippen LogP contribution in [0.1, 0.15) is 5.56 Å². The van der Waals surface area contributed by atoms with Gasteiger partial charge >= 0.3 is 0 Å². The summed E-state index contributed by atoms with van der Waals surface area (Å²) in [6, 6.07) is 9.59. The van der Waals surface area contributed by atoms with E-state index in [0.717, 1.165) is 0 Å². The van der Waals surface area contributed by atoms with Crippen LogP contribution in [0.5, 0.6) is 5.75 Å². The molecule has 17 heavy (non-hydrogen) atoms. The van der Waals surface area contributed by atoms with Crippen LogP contribution in [0.3, 0.4) is 0 Å². The number of aromatic hydroxyl groups is 1. The molecule has 0 aliphatic carbocycles. The van der Waals surface area contributed by atoms with Crippen molar-refractivity contribution in [1.82, 2.24) is 0 Å². The number of benzene rings is 1. The summed E-state index contributed by atoms with van der Waals surface area (Å²) in [6.45, 7) is 0. The van der Waals surface area contributed by atoms with E-state index < -0.39 is 0 Å². The smallest absolute Gasteiger partial charge is 0.174 e. The quantitative estimate of drug-likeness (QED) is 0.553. The summed E-state index contributed by atoms with van der Waals surface area (Å²) in [7, 11) is 0. The van der Waals surface area contributed by atoms with E-state index in [1.807, 2.05) is 0 Å². The van der Waals surface area contributed by atoms with E-state index in [0.29, 0.717) is 5.56 Å². The van der Waals surface area contributed by atoms with E-state index in [-0.39, 0.29) is 22.6 Å². The predicted octanol–water partition coefficient (Wildman–Crippen LogP) is 0.204. The van der Waals surface area contributed by atoms with Gasteiger partial charge in [-0.2, -0.15) is 10.5 Å². The van der Waals surface area contributed by atoms with Gasteiger partial charge in [-0.25, -0.2) is 4.99 Å². The first-order chi connectivity index (χ1) is 7.67. The van der Waals surface area contributed by atoms with Crippen molar-refractivity contribution in [2.45, 2.75) is 0 Å².